The summed E-state index contributed by atoms with van der Waals surface area (Å²) in [6.45, 7) is 4.47. The van der Waals surface area contributed by atoms with Gasteiger partial charge in [0.2, 0.25) is 0 Å². The van der Waals surface area contributed by atoms with Crippen molar-refractivity contribution >= 4 is 11.0 Å². The van der Waals surface area contributed by atoms with Crippen LogP contribution in [0, 0.1) is 11.3 Å². The van der Waals surface area contributed by atoms with E-state index in [9.17, 15) is 18.4 Å². The van der Waals surface area contributed by atoms with Gasteiger partial charge >= 0.3 is 6.18 Å². The molecule has 0 bridgehead atoms. The first-order chi connectivity index (χ1) is 14.9. The van der Waals surface area contributed by atoms with Gasteiger partial charge in [-0.1, -0.05) is 12.1 Å². The number of rotatable bonds is 5. The Morgan fingerprint density at radius 1 is 1.19 bits per heavy atom. The van der Waals surface area contributed by atoms with E-state index in [1.54, 1.807) is 30.1 Å². The van der Waals surface area contributed by atoms with Crippen LogP contribution in [0.4, 0.5) is 13.2 Å². The van der Waals surface area contributed by atoms with Crippen molar-refractivity contribution in [1.82, 2.24) is 24.8 Å². The summed E-state index contributed by atoms with van der Waals surface area (Å²) in [4.78, 5) is 10.7. The summed E-state index contributed by atoms with van der Waals surface area (Å²) in [6, 6.07) is 8.00. The number of aryl methyl sites for hydroxylation is 2. The number of benzene rings is 1. The van der Waals surface area contributed by atoms with Gasteiger partial charge in [-0.25, -0.2) is 9.97 Å². The Hall–Kier alpha value is -2.96. The van der Waals surface area contributed by atoms with E-state index in [2.05, 4.69) is 20.2 Å². The monoisotopic (exact) mass is 428 g/mol. The number of hydrogen-bond acceptors (Lipinski definition) is 5. The molecule has 9 heteroatoms. The maximum absolute atomic E-state index is 13.8. The molecule has 1 fully saturated rings. The fraction of sp³-hybridized carbons (Fsp3) is 0.409. The Morgan fingerprint density at radius 3 is 2.68 bits per heavy atom. The van der Waals surface area contributed by atoms with E-state index < -0.39 is 11.7 Å². The van der Waals surface area contributed by atoms with Gasteiger partial charge < -0.3 is 14.8 Å². The van der Waals surface area contributed by atoms with Gasteiger partial charge in [0.15, 0.2) is 5.69 Å². The van der Waals surface area contributed by atoms with Crippen LogP contribution in [0.25, 0.3) is 22.3 Å². The molecule has 0 amide bonds. The van der Waals surface area contributed by atoms with Crippen molar-refractivity contribution in [2.45, 2.75) is 19.0 Å². The molecule has 4 rings (SSSR count). The van der Waals surface area contributed by atoms with E-state index in [0.29, 0.717) is 35.1 Å². The molecular weight excluding hydrogens is 405 g/mol. The van der Waals surface area contributed by atoms with Crippen LogP contribution in [0.1, 0.15) is 23.2 Å². The van der Waals surface area contributed by atoms with Crippen molar-refractivity contribution in [2.75, 3.05) is 32.7 Å². The highest BCUT2D eigenvalue weighted by molar-refractivity contribution is 5.84. The standard InChI is InChI=1S/C22H23F3N6/c1-30-14-28-21-19(13-26)29-18(12-20(21)30)16-5-4-15(17(11-16)22(23,24)25)3-2-8-31-9-6-27-7-10-31/h4-5,11-12,14,27H,2-3,6-10H2,1H3. The number of fused-ring (bicyclic) bond motifs is 1. The van der Waals surface area contributed by atoms with Crippen LogP contribution in [0.5, 0.6) is 0 Å². The number of pyridine rings is 1. The van der Waals surface area contributed by atoms with Gasteiger partial charge in [-0.05, 0) is 37.1 Å². The molecule has 0 spiro atoms. The number of aromatic nitrogens is 3. The first-order valence-corrected chi connectivity index (χ1v) is 10.2. The molecule has 31 heavy (non-hydrogen) atoms. The molecule has 162 valence electrons. The van der Waals surface area contributed by atoms with Crippen LogP contribution in [0.2, 0.25) is 0 Å². The summed E-state index contributed by atoms with van der Waals surface area (Å²) >= 11 is 0. The molecule has 0 aliphatic carbocycles. The van der Waals surface area contributed by atoms with E-state index in [1.165, 1.54) is 6.07 Å². The minimum Gasteiger partial charge on any atom is -0.334 e. The molecule has 0 radical (unpaired) electrons. The third kappa shape index (κ3) is 4.55. The molecule has 1 N–H and O–H groups in total. The first-order valence-electron chi connectivity index (χ1n) is 10.2. The van der Waals surface area contributed by atoms with Crippen molar-refractivity contribution in [3.05, 3.63) is 47.4 Å². The minimum atomic E-state index is -4.46. The smallest absolute Gasteiger partial charge is 0.334 e. The van der Waals surface area contributed by atoms with Crippen molar-refractivity contribution in [2.24, 2.45) is 7.05 Å². The lowest BCUT2D eigenvalue weighted by Gasteiger charge is -2.27. The van der Waals surface area contributed by atoms with Gasteiger partial charge in [0.1, 0.15) is 11.6 Å². The molecule has 6 nitrogen and oxygen atoms in total. The molecule has 1 aliphatic rings. The van der Waals surface area contributed by atoms with Crippen LogP contribution in [0.3, 0.4) is 0 Å². The molecule has 0 unspecified atom stereocenters. The zero-order chi connectivity index (χ0) is 22.0. The lowest BCUT2D eigenvalue weighted by molar-refractivity contribution is -0.138. The summed E-state index contributed by atoms with van der Waals surface area (Å²) < 4.78 is 43.2. The summed E-state index contributed by atoms with van der Waals surface area (Å²) in [5, 5.41) is 12.7. The molecular formula is C22H23F3N6. The molecule has 3 aromatic rings. The van der Waals surface area contributed by atoms with E-state index >= 15 is 0 Å². The third-order valence-electron chi connectivity index (χ3n) is 5.66. The maximum Gasteiger partial charge on any atom is 0.416 e. The van der Waals surface area contributed by atoms with E-state index in [1.807, 2.05) is 6.07 Å². The highest BCUT2D eigenvalue weighted by Gasteiger charge is 2.33. The Morgan fingerprint density at radius 2 is 1.97 bits per heavy atom. The highest BCUT2D eigenvalue weighted by atomic mass is 19.4. The lowest BCUT2D eigenvalue weighted by atomic mass is 9.97. The van der Waals surface area contributed by atoms with Crippen molar-refractivity contribution in [1.29, 1.82) is 5.26 Å². The molecule has 1 saturated heterocycles. The Kier molecular flexibility index (Phi) is 5.94. The average molecular weight is 428 g/mol. The number of piperazine rings is 1. The maximum atomic E-state index is 13.8. The number of nitrogens with one attached hydrogen (secondary N) is 1. The summed E-state index contributed by atoms with van der Waals surface area (Å²) in [7, 11) is 1.77. The molecule has 1 aromatic carbocycles. The molecule has 0 atom stereocenters. The topological polar surface area (TPSA) is 69.8 Å². The van der Waals surface area contributed by atoms with Crippen molar-refractivity contribution < 1.29 is 13.2 Å². The van der Waals surface area contributed by atoms with E-state index in [-0.39, 0.29) is 11.3 Å². The molecule has 3 heterocycles. The fourth-order valence-electron chi connectivity index (χ4n) is 4.00. The van der Waals surface area contributed by atoms with Crippen LogP contribution in [-0.4, -0.2) is 52.2 Å². The number of nitriles is 1. The summed E-state index contributed by atoms with van der Waals surface area (Å²) in [5.41, 5.74) is 1.49. The van der Waals surface area contributed by atoms with E-state index in [4.69, 9.17) is 0 Å². The second-order valence-electron chi connectivity index (χ2n) is 7.76. The molecule has 2 aromatic heterocycles. The van der Waals surface area contributed by atoms with Gasteiger partial charge in [0.25, 0.3) is 0 Å². The predicted octanol–water partition coefficient (Wildman–Crippen LogP) is 3.36. The lowest BCUT2D eigenvalue weighted by Crippen LogP contribution is -2.43. The number of nitrogens with zero attached hydrogens (tertiary/aromatic N) is 5. The largest absolute Gasteiger partial charge is 0.416 e. The quantitative estimate of drug-likeness (QED) is 0.675. The zero-order valence-corrected chi connectivity index (χ0v) is 17.2. The Balaban J connectivity index is 1.63. The number of imidazole rings is 1. The first kappa shape index (κ1) is 21.3. The van der Waals surface area contributed by atoms with Crippen LogP contribution in [-0.2, 0) is 19.6 Å². The number of halogens is 3. The number of hydrogen-bond donors (Lipinski definition) is 1. The normalized spacial score (nSPS) is 15.3. The van der Waals surface area contributed by atoms with Gasteiger partial charge in [-0.3, -0.25) is 0 Å². The Labute approximate surface area is 178 Å². The minimum absolute atomic E-state index is 0.0988. The SMILES string of the molecule is Cn1cnc2c(C#N)nc(-c3ccc(CCCN4CCNCC4)c(C(F)(F)F)c3)cc21. The average Bonchev–Trinajstić information content (AvgIpc) is 3.14. The predicted molar refractivity (Wildman–Crippen MR) is 111 cm³/mol. The Bertz CT molecular complexity index is 1120. The van der Waals surface area contributed by atoms with Crippen LogP contribution >= 0.6 is 0 Å². The van der Waals surface area contributed by atoms with Crippen LogP contribution in [0.15, 0.2) is 30.6 Å². The van der Waals surface area contributed by atoms with Gasteiger partial charge in [0.05, 0.1) is 23.1 Å². The second-order valence-corrected chi connectivity index (χ2v) is 7.76. The van der Waals surface area contributed by atoms with Gasteiger partial charge in [0, 0.05) is 38.8 Å². The fourth-order valence-corrected chi connectivity index (χ4v) is 4.00. The molecule has 1 aliphatic heterocycles. The number of alkyl halides is 3. The molecule has 0 saturated carbocycles. The van der Waals surface area contributed by atoms with Gasteiger partial charge in [-0.2, -0.15) is 18.4 Å². The van der Waals surface area contributed by atoms with Crippen molar-refractivity contribution in [3.63, 3.8) is 0 Å². The van der Waals surface area contributed by atoms with E-state index in [0.717, 1.165) is 38.8 Å². The highest BCUT2D eigenvalue weighted by Crippen LogP contribution is 2.36. The van der Waals surface area contributed by atoms with Gasteiger partial charge in [-0.15, -0.1) is 0 Å². The zero-order valence-electron chi connectivity index (χ0n) is 17.2. The summed E-state index contributed by atoms with van der Waals surface area (Å²) in [6.07, 6.45) is -1.88. The summed E-state index contributed by atoms with van der Waals surface area (Å²) in [5.74, 6) is 0. The van der Waals surface area contributed by atoms with Crippen LogP contribution < -0.4 is 5.32 Å². The third-order valence-corrected chi connectivity index (χ3v) is 5.66. The van der Waals surface area contributed by atoms with Crippen molar-refractivity contribution in [3.8, 4) is 17.3 Å². The second kappa shape index (κ2) is 8.65.